The largest absolute Gasteiger partial charge is 0.371 e. The van der Waals surface area contributed by atoms with Gasteiger partial charge in [-0.3, -0.25) is 4.98 Å². The van der Waals surface area contributed by atoms with E-state index in [0.717, 1.165) is 40.1 Å². The molecule has 4 heterocycles. The number of anilines is 3. The van der Waals surface area contributed by atoms with Crippen LogP contribution in [0.25, 0.3) is 16.2 Å². The summed E-state index contributed by atoms with van der Waals surface area (Å²) in [5, 5.41) is 8.85. The van der Waals surface area contributed by atoms with E-state index in [1.165, 1.54) is 29.9 Å². The standard InChI is InChI=1S/C22H25N7S/c1-27(2)18-9-12-28(13-10-18)19-7-5-17(6-8-19)24-21-26-29-15-20(25-22(29)30-21)16-4-3-11-23-14-16/h3-8,11,14-15,18H,9-10,12-13H2,1-2H3,(H,24,26). The molecule has 0 atom stereocenters. The summed E-state index contributed by atoms with van der Waals surface area (Å²) in [6.45, 7) is 2.22. The van der Waals surface area contributed by atoms with Crippen molar-refractivity contribution in [3.8, 4) is 11.3 Å². The van der Waals surface area contributed by atoms with E-state index in [4.69, 9.17) is 0 Å². The topological polar surface area (TPSA) is 61.6 Å². The second-order valence-electron chi connectivity index (χ2n) is 7.86. The molecule has 3 aromatic heterocycles. The Morgan fingerprint density at radius 3 is 2.57 bits per heavy atom. The highest BCUT2D eigenvalue weighted by Crippen LogP contribution is 2.28. The molecule has 4 aromatic rings. The molecule has 0 radical (unpaired) electrons. The smallest absolute Gasteiger partial charge is 0.214 e. The Bertz CT molecular complexity index is 1080. The van der Waals surface area contributed by atoms with E-state index in [-0.39, 0.29) is 0 Å². The maximum absolute atomic E-state index is 4.67. The van der Waals surface area contributed by atoms with Gasteiger partial charge in [-0.15, -0.1) is 5.10 Å². The number of piperidine rings is 1. The summed E-state index contributed by atoms with van der Waals surface area (Å²) in [6.07, 6.45) is 7.95. The molecule has 5 rings (SSSR count). The third-order valence-electron chi connectivity index (χ3n) is 5.68. The van der Waals surface area contributed by atoms with Gasteiger partial charge < -0.3 is 15.1 Å². The summed E-state index contributed by atoms with van der Waals surface area (Å²) >= 11 is 1.54. The molecule has 1 saturated heterocycles. The molecule has 1 aliphatic heterocycles. The van der Waals surface area contributed by atoms with Gasteiger partial charge >= 0.3 is 0 Å². The molecule has 0 aliphatic carbocycles. The minimum Gasteiger partial charge on any atom is -0.371 e. The van der Waals surface area contributed by atoms with E-state index in [1.807, 2.05) is 29.0 Å². The lowest BCUT2D eigenvalue weighted by atomic mass is 10.0. The molecule has 1 aromatic carbocycles. The summed E-state index contributed by atoms with van der Waals surface area (Å²) in [4.78, 5) is 14.5. The van der Waals surface area contributed by atoms with Crippen LogP contribution in [0.5, 0.6) is 0 Å². The number of hydrogen-bond acceptors (Lipinski definition) is 7. The predicted molar refractivity (Wildman–Crippen MR) is 123 cm³/mol. The van der Waals surface area contributed by atoms with Crippen molar-refractivity contribution in [1.82, 2.24) is 24.5 Å². The number of nitrogens with zero attached hydrogens (tertiary/aromatic N) is 6. The normalized spacial score (nSPS) is 15.2. The monoisotopic (exact) mass is 419 g/mol. The number of imidazole rings is 1. The van der Waals surface area contributed by atoms with Crippen molar-refractivity contribution >= 4 is 32.8 Å². The number of pyridine rings is 1. The minimum absolute atomic E-state index is 0.699. The predicted octanol–water partition coefficient (Wildman–Crippen LogP) is 4.13. The molecule has 0 amide bonds. The maximum Gasteiger partial charge on any atom is 0.214 e. The van der Waals surface area contributed by atoms with E-state index in [2.05, 4.69) is 68.5 Å². The fraction of sp³-hybridized carbons (Fsp3) is 0.318. The molecule has 30 heavy (non-hydrogen) atoms. The van der Waals surface area contributed by atoms with Gasteiger partial charge in [-0.2, -0.15) is 0 Å². The van der Waals surface area contributed by atoms with Crippen LogP contribution in [0.15, 0.2) is 55.0 Å². The van der Waals surface area contributed by atoms with Crippen LogP contribution in [0.3, 0.4) is 0 Å². The molecule has 1 N–H and O–H groups in total. The summed E-state index contributed by atoms with van der Waals surface area (Å²) in [7, 11) is 4.35. The Morgan fingerprint density at radius 2 is 1.90 bits per heavy atom. The van der Waals surface area contributed by atoms with Crippen LogP contribution in [0.2, 0.25) is 0 Å². The summed E-state index contributed by atoms with van der Waals surface area (Å²) in [6, 6.07) is 13.2. The molecular weight excluding hydrogens is 394 g/mol. The average molecular weight is 420 g/mol. The van der Waals surface area contributed by atoms with Crippen molar-refractivity contribution in [3.05, 3.63) is 55.0 Å². The van der Waals surface area contributed by atoms with Crippen LogP contribution in [-0.4, -0.2) is 57.7 Å². The van der Waals surface area contributed by atoms with Gasteiger partial charge in [-0.05, 0) is 63.3 Å². The molecular formula is C22H25N7S. The molecule has 0 spiro atoms. The van der Waals surface area contributed by atoms with Crippen LogP contribution >= 0.6 is 11.3 Å². The van der Waals surface area contributed by atoms with Gasteiger partial charge in [-0.25, -0.2) is 9.50 Å². The molecule has 8 heteroatoms. The highest BCUT2D eigenvalue weighted by Gasteiger charge is 2.20. The van der Waals surface area contributed by atoms with Crippen LogP contribution in [0, 0.1) is 0 Å². The molecule has 0 unspecified atom stereocenters. The van der Waals surface area contributed by atoms with Gasteiger partial charge in [0.15, 0.2) is 0 Å². The highest BCUT2D eigenvalue weighted by atomic mass is 32.1. The number of rotatable bonds is 5. The van der Waals surface area contributed by atoms with E-state index < -0.39 is 0 Å². The lowest BCUT2D eigenvalue weighted by Gasteiger charge is -2.36. The third kappa shape index (κ3) is 3.88. The fourth-order valence-electron chi connectivity index (χ4n) is 3.92. The van der Waals surface area contributed by atoms with E-state index in [0.29, 0.717) is 6.04 Å². The molecule has 0 bridgehead atoms. The van der Waals surface area contributed by atoms with Gasteiger partial charge in [0.05, 0.1) is 11.9 Å². The second-order valence-corrected chi connectivity index (χ2v) is 8.81. The lowest BCUT2D eigenvalue weighted by molar-refractivity contribution is 0.249. The second kappa shape index (κ2) is 8.04. The number of nitrogens with one attached hydrogen (secondary N) is 1. The Balaban J connectivity index is 1.25. The first kappa shape index (κ1) is 19.0. The number of aromatic nitrogens is 4. The minimum atomic E-state index is 0.699. The van der Waals surface area contributed by atoms with Gasteiger partial charge in [0.2, 0.25) is 10.1 Å². The highest BCUT2D eigenvalue weighted by molar-refractivity contribution is 7.20. The number of hydrogen-bond donors (Lipinski definition) is 1. The number of fused-ring (bicyclic) bond motifs is 1. The van der Waals surface area contributed by atoms with E-state index in [9.17, 15) is 0 Å². The summed E-state index contributed by atoms with van der Waals surface area (Å²) < 4.78 is 1.82. The zero-order chi connectivity index (χ0) is 20.5. The molecule has 7 nitrogen and oxygen atoms in total. The summed E-state index contributed by atoms with van der Waals surface area (Å²) in [5.74, 6) is 0. The molecule has 1 fully saturated rings. The van der Waals surface area contributed by atoms with Crippen molar-refractivity contribution in [1.29, 1.82) is 0 Å². The van der Waals surface area contributed by atoms with Crippen molar-refractivity contribution in [2.24, 2.45) is 0 Å². The Morgan fingerprint density at radius 1 is 1.10 bits per heavy atom. The van der Waals surface area contributed by atoms with E-state index in [1.54, 1.807) is 6.20 Å². The Labute approximate surface area is 180 Å². The van der Waals surface area contributed by atoms with Gasteiger partial charge in [0, 0.05) is 48.5 Å². The van der Waals surface area contributed by atoms with Crippen molar-refractivity contribution < 1.29 is 0 Å². The first-order valence-corrected chi connectivity index (χ1v) is 11.0. The van der Waals surface area contributed by atoms with Crippen molar-refractivity contribution in [2.45, 2.75) is 18.9 Å². The maximum atomic E-state index is 4.67. The first-order chi connectivity index (χ1) is 14.7. The van der Waals surface area contributed by atoms with Gasteiger partial charge in [0.1, 0.15) is 0 Å². The first-order valence-electron chi connectivity index (χ1n) is 10.2. The zero-order valence-electron chi connectivity index (χ0n) is 17.2. The lowest BCUT2D eigenvalue weighted by Crippen LogP contribution is -2.41. The molecule has 1 aliphatic rings. The Kier molecular flexibility index (Phi) is 5.10. The van der Waals surface area contributed by atoms with Crippen molar-refractivity contribution in [3.63, 3.8) is 0 Å². The molecule has 0 saturated carbocycles. The summed E-state index contributed by atoms with van der Waals surface area (Å²) in [5.41, 5.74) is 4.20. The third-order valence-corrected chi connectivity index (χ3v) is 6.52. The fourth-order valence-corrected chi connectivity index (χ4v) is 4.73. The quantitative estimate of drug-likeness (QED) is 0.525. The molecule has 154 valence electrons. The van der Waals surface area contributed by atoms with Gasteiger partial charge in [0.25, 0.3) is 0 Å². The zero-order valence-corrected chi connectivity index (χ0v) is 18.0. The van der Waals surface area contributed by atoms with Crippen LogP contribution in [0.4, 0.5) is 16.5 Å². The van der Waals surface area contributed by atoms with Gasteiger partial charge in [-0.1, -0.05) is 11.3 Å². The SMILES string of the molecule is CN(C)C1CCN(c2ccc(Nc3nn4cc(-c5cccnc5)nc4s3)cc2)CC1. The van der Waals surface area contributed by atoms with Crippen LogP contribution in [0.1, 0.15) is 12.8 Å². The van der Waals surface area contributed by atoms with Crippen molar-refractivity contribution in [2.75, 3.05) is 37.4 Å². The average Bonchev–Trinajstić information content (AvgIpc) is 3.34. The Hall–Kier alpha value is -2.97. The van der Waals surface area contributed by atoms with Crippen LogP contribution in [-0.2, 0) is 0 Å². The number of benzene rings is 1. The van der Waals surface area contributed by atoms with Crippen LogP contribution < -0.4 is 10.2 Å². The van der Waals surface area contributed by atoms with E-state index >= 15 is 0 Å².